The Balaban J connectivity index is 1.31. The van der Waals surface area contributed by atoms with Gasteiger partial charge >= 0.3 is 12.1 Å². The van der Waals surface area contributed by atoms with E-state index in [2.05, 4.69) is 22.1 Å². The van der Waals surface area contributed by atoms with Gasteiger partial charge in [-0.1, -0.05) is 17.9 Å². The molecule has 0 unspecified atom stereocenters. The summed E-state index contributed by atoms with van der Waals surface area (Å²) in [5.74, 6) is 6.21. The van der Waals surface area contributed by atoms with Crippen LogP contribution >= 0.6 is 0 Å². The maximum absolute atomic E-state index is 12.4. The van der Waals surface area contributed by atoms with Crippen LogP contribution in [0.1, 0.15) is 45.6 Å². The van der Waals surface area contributed by atoms with Crippen molar-refractivity contribution in [2.45, 2.75) is 51.2 Å². The fourth-order valence-corrected chi connectivity index (χ4v) is 4.60. The standard InChI is InChI=1S/C26H34N4O5/c1-25(2,3)35-24(33)29-14-10-26(11-15-29)19-28(16-17-34-26)12-5-7-20-6-4-8-21(18-20)30-13-9-22(31)27-23(30)32/h4,6,8,18H,9-17,19H2,1-3H3,(H,27,31,32). The summed E-state index contributed by atoms with van der Waals surface area (Å²) in [7, 11) is 0. The minimum atomic E-state index is -0.498. The summed E-state index contributed by atoms with van der Waals surface area (Å²) < 4.78 is 11.7. The van der Waals surface area contributed by atoms with Crippen molar-refractivity contribution in [1.82, 2.24) is 15.1 Å². The minimum absolute atomic E-state index is 0.249. The van der Waals surface area contributed by atoms with Crippen molar-refractivity contribution in [3.8, 4) is 11.8 Å². The average molecular weight is 483 g/mol. The predicted molar refractivity (Wildman–Crippen MR) is 131 cm³/mol. The van der Waals surface area contributed by atoms with Crippen LogP contribution < -0.4 is 10.2 Å². The van der Waals surface area contributed by atoms with E-state index in [9.17, 15) is 14.4 Å². The SMILES string of the molecule is CC(C)(C)OC(=O)N1CCC2(CC1)CN(CC#Cc1cccc(N3CCC(=O)NC3=O)c1)CCO2. The molecule has 9 heteroatoms. The Morgan fingerprint density at radius 1 is 1.17 bits per heavy atom. The molecule has 0 aliphatic carbocycles. The molecule has 3 aliphatic heterocycles. The largest absolute Gasteiger partial charge is 0.444 e. The van der Waals surface area contributed by atoms with E-state index in [4.69, 9.17) is 9.47 Å². The number of nitrogens with one attached hydrogen (secondary N) is 1. The van der Waals surface area contributed by atoms with E-state index in [0.717, 1.165) is 37.2 Å². The van der Waals surface area contributed by atoms with Crippen molar-refractivity contribution in [3.05, 3.63) is 29.8 Å². The Morgan fingerprint density at radius 3 is 2.66 bits per heavy atom. The van der Waals surface area contributed by atoms with Crippen LogP contribution in [0.5, 0.6) is 0 Å². The fourth-order valence-electron chi connectivity index (χ4n) is 4.60. The molecule has 0 bridgehead atoms. The van der Waals surface area contributed by atoms with Crippen molar-refractivity contribution in [2.75, 3.05) is 50.8 Å². The Kier molecular flexibility index (Phi) is 7.33. The molecule has 0 atom stereocenters. The van der Waals surface area contributed by atoms with Crippen molar-refractivity contribution in [3.63, 3.8) is 0 Å². The quantitative estimate of drug-likeness (QED) is 0.652. The number of ether oxygens (including phenoxy) is 2. The number of carbonyl (C=O) groups excluding carboxylic acids is 3. The molecule has 188 valence electrons. The number of likely N-dealkylation sites (tertiary alicyclic amines) is 1. The average Bonchev–Trinajstić information content (AvgIpc) is 2.79. The van der Waals surface area contributed by atoms with E-state index >= 15 is 0 Å². The van der Waals surface area contributed by atoms with Crippen LogP contribution in [0.3, 0.4) is 0 Å². The topological polar surface area (TPSA) is 91.4 Å². The number of piperidine rings is 1. The molecule has 0 aromatic heterocycles. The van der Waals surface area contributed by atoms with Crippen LogP contribution in [0, 0.1) is 11.8 Å². The predicted octanol–water partition coefficient (Wildman–Crippen LogP) is 2.59. The first-order valence-corrected chi connectivity index (χ1v) is 12.2. The van der Waals surface area contributed by atoms with Crippen molar-refractivity contribution < 1.29 is 23.9 Å². The number of carbonyl (C=O) groups is 3. The van der Waals surface area contributed by atoms with E-state index in [-0.39, 0.29) is 24.0 Å². The molecule has 1 aromatic carbocycles. The lowest BCUT2D eigenvalue weighted by Gasteiger charge is -2.46. The van der Waals surface area contributed by atoms with E-state index in [1.54, 1.807) is 9.80 Å². The molecular formula is C26H34N4O5. The first-order chi connectivity index (χ1) is 16.6. The molecular weight excluding hydrogens is 448 g/mol. The first-order valence-electron chi connectivity index (χ1n) is 12.2. The molecule has 35 heavy (non-hydrogen) atoms. The van der Waals surface area contributed by atoms with Crippen molar-refractivity contribution in [1.29, 1.82) is 0 Å². The summed E-state index contributed by atoms with van der Waals surface area (Å²) in [5, 5.41) is 2.35. The zero-order chi connectivity index (χ0) is 25.1. The van der Waals surface area contributed by atoms with Gasteiger partial charge in [0, 0.05) is 50.4 Å². The number of morpholine rings is 1. The Labute approximate surface area is 206 Å². The van der Waals surface area contributed by atoms with Crippen LogP contribution in [0.15, 0.2) is 24.3 Å². The second-order valence-corrected chi connectivity index (χ2v) is 10.3. The van der Waals surface area contributed by atoms with E-state index in [1.807, 2.05) is 45.0 Å². The number of urea groups is 1. The van der Waals surface area contributed by atoms with Crippen LogP contribution in [0.2, 0.25) is 0 Å². The van der Waals surface area contributed by atoms with Crippen LogP contribution in [0.4, 0.5) is 15.3 Å². The van der Waals surface area contributed by atoms with Gasteiger partial charge in [-0.25, -0.2) is 9.59 Å². The summed E-state index contributed by atoms with van der Waals surface area (Å²) >= 11 is 0. The molecule has 1 spiro atoms. The Hall–Kier alpha value is -3.09. The van der Waals surface area contributed by atoms with Gasteiger partial charge in [-0.05, 0) is 51.8 Å². The number of imide groups is 1. The number of amides is 4. The lowest BCUT2D eigenvalue weighted by atomic mass is 9.89. The number of rotatable bonds is 2. The van der Waals surface area contributed by atoms with Gasteiger partial charge in [0.2, 0.25) is 5.91 Å². The van der Waals surface area contributed by atoms with Gasteiger partial charge < -0.3 is 14.4 Å². The van der Waals surface area contributed by atoms with Crippen LogP contribution in [-0.2, 0) is 14.3 Å². The highest BCUT2D eigenvalue weighted by molar-refractivity contribution is 6.05. The molecule has 3 heterocycles. The monoisotopic (exact) mass is 482 g/mol. The van der Waals surface area contributed by atoms with Gasteiger partial charge in [-0.3, -0.25) is 19.9 Å². The second-order valence-electron chi connectivity index (χ2n) is 10.3. The molecule has 4 rings (SSSR count). The summed E-state index contributed by atoms with van der Waals surface area (Å²) in [6.07, 6.45) is 1.58. The number of nitrogens with zero attached hydrogens (tertiary/aromatic N) is 3. The minimum Gasteiger partial charge on any atom is -0.444 e. The zero-order valence-corrected chi connectivity index (χ0v) is 20.8. The molecule has 3 saturated heterocycles. The normalized spacial score (nSPS) is 20.8. The maximum Gasteiger partial charge on any atom is 0.410 e. The van der Waals surface area contributed by atoms with Gasteiger partial charge in [0.25, 0.3) is 0 Å². The van der Waals surface area contributed by atoms with Crippen molar-refractivity contribution >= 4 is 23.7 Å². The lowest BCUT2D eigenvalue weighted by molar-refractivity contribution is -0.132. The maximum atomic E-state index is 12.4. The molecule has 9 nitrogen and oxygen atoms in total. The van der Waals surface area contributed by atoms with Gasteiger partial charge in [0.05, 0.1) is 18.8 Å². The molecule has 3 fully saturated rings. The van der Waals surface area contributed by atoms with Gasteiger partial charge in [0.1, 0.15) is 5.60 Å². The van der Waals surface area contributed by atoms with Gasteiger partial charge in [-0.2, -0.15) is 0 Å². The molecule has 3 aliphatic rings. The van der Waals surface area contributed by atoms with Gasteiger partial charge in [-0.15, -0.1) is 0 Å². The van der Waals surface area contributed by atoms with E-state index < -0.39 is 11.6 Å². The van der Waals surface area contributed by atoms with Gasteiger partial charge in [0.15, 0.2) is 0 Å². The molecule has 1 aromatic rings. The number of hydrogen-bond acceptors (Lipinski definition) is 6. The third kappa shape index (κ3) is 6.53. The number of hydrogen-bond donors (Lipinski definition) is 1. The lowest BCUT2D eigenvalue weighted by Crippen LogP contribution is -2.57. The third-order valence-electron chi connectivity index (χ3n) is 6.40. The number of anilines is 1. The molecule has 0 radical (unpaired) electrons. The van der Waals surface area contributed by atoms with Crippen molar-refractivity contribution in [2.24, 2.45) is 0 Å². The van der Waals surface area contributed by atoms with E-state index in [0.29, 0.717) is 32.8 Å². The number of benzene rings is 1. The van der Waals surface area contributed by atoms with Crippen LogP contribution in [0.25, 0.3) is 0 Å². The fraction of sp³-hybridized carbons (Fsp3) is 0.577. The first kappa shape index (κ1) is 25.0. The van der Waals surface area contributed by atoms with Crippen LogP contribution in [-0.4, -0.2) is 84.9 Å². The Morgan fingerprint density at radius 2 is 1.94 bits per heavy atom. The highest BCUT2D eigenvalue weighted by Gasteiger charge is 2.41. The molecule has 4 amide bonds. The summed E-state index contributed by atoms with van der Waals surface area (Å²) in [6.45, 7) is 10.1. The summed E-state index contributed by atoms with van der Waals surface area (Å²) in [5.41, 5.74) is 0.795. The third-order valence-corrected chi connectivity index (χ3v) is 6.40. The highest BCUT2D eigenvalue weighted by atomic mass is 16.6. The van der Waals surface area contributed by atoms with E-state index in [1.165, 1.54) is 0 Å². The summed E-state index contributed by atoms with van der Waals surface area (Å²) in [4.78, 5) is 41.5. The second kappa shape index (κ2) is 10.3. The summed E-state index contributed by atoms with van der Waals surface area (Å²) in [6, 6.07) is 7.09. The smallest absolute Gasteiger partial charge is 0.410 e. The molecule has 1 N–H and O–H groups in total. The Bertz CT molecular complexity index is 1030. The highest BCUT2D eigenvalue weighted by Crippen LogP contribution is 2.30. The molecule has 0 saturated carbocycles. The zero-order valence-electron chi connectivity index (χ0n) is 20.8.